The van der Waals surface area contributed by atoms with Crippen LogP contribution in [-0.4, -0.2) is 19.7 Å². The molecule has 2 aromatic carbocycles. The molecule has 0 aliphatic rings. The summed E-state index contributed by atoms with van der Waals surface area (Å²) in [4.78, 5) is 19.9. The molecule has 6 nitrogen and oxygen atoms in total. The van der Waals surface area contributed by atoms with E-state index in [2.05, 4.69) is 56.8 Å². The lowest BCUT2D eigenvalue weighted by atomic mass is 10.0. The summed E-state index contributed by atoms with van der Waals surface area (Å²) in [5.41, 5.74) is 3.58. The maximum absolute atomic E-state index is 12.5. The van der Waals surface area contributed by atoms with Gasteiger partial charge in [-0.25, -0.2) is 4.68 Å². The molecule has 0 bridgehead atoms. The summed E-state index contributed by atoms with van der Waals surface area (Å²) in [5.74, 6) is 0.438. The molecule has 2 heterocycles. The highest BCUT2D eigenvalue weighted by Gasteiger charge is 2.20. The van der Waals surface area contributed by atoms with Gasteiger partial charge in [-0.3, -0.25) is 9.78 Å². The molecule has 0 saturated heterocycles. The van der Waals surface area contributed by atoms with Gasteiger partial charge in [0.15, 0.2) is 5.65 Å². The molecular formula is C23H25N5O. The molecule has 0 aliphatic carbocycles. The van der Waals surface area contributed by atoms with Crippen molar-refractivity contribution in [2.75, 3.05) is 5.32 Å². The SMILES string of the molecule is CC(Nc1nc2c(cnn2C(C)(C)C)c(=O)[nH]1)c1ccc(-c2ccccc2)cc1. The number of hydrogen-bond acceptors (Lipinski definition) is 4. The van der Waals surface area contributed by atoms with E-state index in [1.165, 1.54) is 11.1 Å². The standard InChI is InChI=1S/C23H25N5O/c1-15(16-10-12-18(13-11-16)17-8-6-5-7-9-17)25-22-26-20-19(21(29)27-22)14-24-28(20)23(2,3)4/h5-15H,1-4H3,(H2,25,26,27,29). The van der Waals surface area contributed by atoms with Crippen molar-refractivity contribution in [1.29, 1.82) is 0 Å². The smallest absolute Gasteiger partial charge is 0.263 e. The van der Waals surface area contributed by atoms with E-state index in [-0.39, 0.29) is 17.1 Å². The van der Waals surface area contributed by atoms with Crippen LogP contribution in [0.5, 0.6) is 0 Å². The zero-order valence-electron chi connectivity index (χ0n) is 17.1. The van der Waals surface area contributed by atoms with E-state index in [1.807, 2.05) is 45.9 Å². The highest BCUT2D eigenvalue weighted by molar-refractivity contribution is 5.74. The predicted molar refractivity (Wildman–Crippen MR) is 117 cm³/mol. The molecule has 4 rings (SSSR count). The van der Waals surface area contributed by atoms with Crippen LogP contribution in [0.2, 0.25) is 0 Å². The third-order valence-electron chi connectivity index (χ3n) is 4.94. The summed E-state index contributed by atoms with van der Waals surface area (Å²) in [6.07, 6.45) is 1.57. The number of aromatic amines is 1. The van der Waals surface area contributed by atoms with E-state index < -0.39 is 0 Å². The van der Waals surface area contributed by atoms with Crippen LogP contribution in [-0.2, 0) is 5.54 Å². The number of benzene rings is 2. The molecule has 29 heavy (non-hydrogen) atoms. The zero-order valence-corrected chi connectivity index (χ0v) is 17.1. The van der Waals surface area contributed by atoms with Gasteiger partial charge < -0.3 is 5.32 Å². The van der Waals surface area contributed by atoms with Crippen molar-refractivity contribution in [3.05, 3.63) is 76.7 Å². The summed E-state index contributed by atoms with van der Waals surface area (Å²) in [6.45, 7) is 8.15. The Morgan fingerprint density at radius 1 is 1.00 bits per heavy atom. The van der Waals surface area contributed by atoms with Gasteiger partial charge in [-0.05, 0) is 44.4 Å². The normalized spacial score (nSPS) is 12.8. The minimum absolute atomic E-state index is 0.0218. The number of hydrogen-bond donors (Lipinski definition) is 2. The average Bonchev–Trinajstić information content (AvgIpc) is 3.14. The van der Waals surface area contributed by atoms with Crippen molar-refractivity contribution in [1.82, 2.24) is 19.7 Å². The minimum atomic E-state index is -0.265. The molecule has 1 unspecified atom stereocenters. The summed E-state index contributed by atoms with van der Waals surface area (Å²) in [7, 11) is 0. The first-order valence-electron chi connectivity index (χ1n) is 9.73. The second kappa shape index (κ2) is 7.20. The van der Waals surface area contributed by atoms with Crippen molar-refractivity contribution in [2.24, 2.45) is 0 Å². The second-order valence-electron chi connectivity index (χ2n) is 8.23. The number of aromatic nitrogens is 4. The van der Waals surface area contributed by atoms with Crippen LogP contribution < -0.4 is 10.9 Å². The van der Waals surface area contributed by atoms with Crippen LogP contribution in [0.1, 0.15) is 39.3 Å². The monoisotopic (exact) mass is 387 g/mol. The topological polar surface area (TPSA) is 75.6 Å². The molecule has 0 amide bonds. The first-order chi connectivity index (χ1) is 13.8. The highest BCUT2D eigenvalue weighted by atomic mass is 16.1. The van der Waals surface area contributed by atoms with Crippen LogP contribution in [0.3, 0.4) is 0 Å². The number of rotatable bonds is 4. The van der Waals surface area contributed by atoms with Gasteiger partial charge >= 0.3 is 0 Å². The Morgan fingerprint density at radius 2 is 1.66 bits per heavy atom. The fourth-order valence-corrected chi connectivity index (χ4v) is 3.36. The lowest BCUT2D eigenvalue weighted by Crippen LogP contribution is -2.24. The number of anilines is 1. The Morgan fingerprint density at radius 3 is 2.31 bits per heavy atom. The van der Waals surface area contributed by atoms with Crippen molar-refractivity contribution in [2.45, 2.75) is 39.3 Å². The Bertz CT molecular complexity index is 1180. The number of nitrogens with zero attached hydrogens (tertiary/aromatic N) is 3. The third-order valence-corrected chi connectivity index (χ3v) is 4.94. The molecule has 1 atom stereocenters. The molecule has 0 radical (unpaired) electrons. The van der Waals surface area contributed by atoms with E-state index in [0.717, 1.165) is 5.56 Å². The molecule has 0 fully saturated rings. The quantitative estimate of drug-likeness (QED) is 0.531. The fraction of sp³-hybridized carbons (Fsp3) is 0.261. The summed E-state index contributed by atoms with van der Waals surface area (Å²) in [5, 5.41) is 8.15. The molecular weight excluding hydrogens is 362 g/mol. The van der Waals surface area contributed by atoms with Crippen molar-refractivity contribution in [3.63, 3.8) is 0 Å². The molecule has 0 saturated carbocycles. The lowest BCUT2D eigenvalue weighted by Gasteiger charge is -2.20. The molecule has 0 aliphatic heterocycles. The molecule has 0 spiro atoms. The van der Waals surface area contributed by atoms with Crippen LogP contribution in [0.15, 0.2) is 65.6 Å². The van der Waals surface area contributed by atoms with E-state index in [1.54, 1.807) is 10.9 Å². The summed E-state index contributed by atoms with van der Waals surface area (Å²) in [6, 6.07) is 18.7. The van der Waals surface area contributed by atoms with Gasteiger partial charge in [-0.1, -0.05) is 54.6 Å². The van der Waals surface area contributed by atoms with Crippen molar-refractivity contribution in [3.8, 4) is 11.1 Å². The van der Waals surface area contributed by atoms with E-state index in [4.69, 9.17) is 0 Å². The van der Waals surface area contributed by atoms with Crippen molar-refractivity contribution < 1.29 is 0 Å². The Hall–Kier alpha value is -3.41. The molecule has 2 N–H and O–H groups in total. The van der Waals surface area contributed by atoms with Gasteiger partial charge in [-0.2, -0.15) is 10.1 Å². The van der Waals surface area contributed by atoms with Crippen LogP contribution in [0.4, 0.5) is 5.95 Å². The average molecular weight is 387 g/mol. The van der Waals surface area contributed by atoms with Crippen molar-refractivity contribution >= 4 is 17.0 Å². The Labute approximate surface area is 169 Å². The number of nitrogens with one attached hydrogen (secondary N) is 2. The Balaban J connectivity index is 1.60. The third kappa shape index (κ3) is 3.78. The predicted octanol–water partition coefficient (Wildman–Crippen LogP) is 4.71. The molecule has 6 heteroatoms. The first-order valence-corrected chi connectivity index (χ1v) is 9.73. The molecule has 4 aromatic rings. The molecule has 148 valence electrons. The zero-order chi connectivity index (χ0) is 20.6. The second-order valence-corrected chi connectivity index (χ2v) is 8.23. The fourth-order valence-electron chi connectivity index (χ4n) is 3.36. The maximum atomic E-state index is 12.5. The Kier molecular flexibility index (Phi) is 4.70. The van der Waals surface area contributed by atoms with Crippen LogP contribution >= 0.6 is 0 Å². The summed E-state index contributed by atoms with van der Waals surface area (Å²) < 4.78 is 1.78. The first kappa shape index (κ1) is 18.9. The van der Waals surface area contributed by atoms with Gasteiger partial charge in [0.2, 0.25) is 5.95 Å². The van der Waals surface area contributed by atoms with E-state index in [9.17, 15) is 4.79 Å². The van der Waals surface area contributed by atoms with Gasteiger partial charge in [-0.15, -0.1) is 0 Å². The van der Waals surface area contributed by atoms with Gasteiger partial charge in [0.05, 0.1) is 17.8 Å². The summed E-state index contributed by atoms with van der Waals surface area (Å²) >= 11 is 0. The highest BCUT2D eigenvalue weighted by Crippen LogP contribution is 2.24. The lowest BCUT2D eigenvalue weighted by molar-refractivity contribution is 0.366. The number of H-pyrrole nitrogens is 1. The minimum Gasteiger partial charge on any atom is -0.349 e. The van der Waals surface area contributed by atoms with Crippen LogP contribution in [0.25, 0.3) is 22.2 Å². The molecule has 2 aromatic heterocycles. The van der Waals surface area contributed by atoms with E-state index >= 15 is 0 Å². The number of fused-ring (bicyclic) bond motifs is 1. The van der Waals surface area contributed by atoms with Gasteiger partial charge in [0, 0.05) is 0 Å². The van der Waals surface area contributed by atoms with Gasteiger partial charge in [0.1, 0.15) is 5.39 Å². The van der Waals surface area contributed by atoms with Gasteiger partial charge in [0.25, 0.3) is 5.56 Å². The largest absolute Gasteiger partial charge is 0.349 e. The maximum Gasteiger partial charge on any atom is 0.263 e. The van der Waals surface area contributed by atoms with Crippen LogP contribution in [0, 0.1) is 0 Å². The van der Waals surface area contributed by atoms with E-state index in [0.29, 0.717) is 17.0 Å².